The molecule has 0 bridgehead atoms. The van der Waals surface area contributed by atoms with Crippen LogP contribution in [-0.4, -0.2) is 24.3 Å². The Bertz CT molecular complexity index is 74.9. The Morgan fingerprint density at radius 2 is 1.78 bits per heavy atom. The number of ether oxygens (including phenoxy) is 2. The highest BCUT2D eigenvalue weighted by Crippen LogP contribution is 2.08. The zero-order valence-electron chi connectivity index (χ0n) is 6.34. The standard InChI is InChI=1S/C6H14O3/c1-6(2,3)9-5(7)8-4/h5,7H,1-4H3. The maximum absolute atomic E-state index is 8.75. The zero-order chi connectivity index (χ0) is 7.49. The maximum Gasteiger partial charge on any atom is 0.269 e. The van der Waals surface area contributed by atoms with E-state index in [4.69, 9.17) is 9.84 Å². The van der Waals surface area contributed by atoms with Crippen LogP contribution >= 0.6 is 0 Å². The molecule has 0 saturated carbocycles. The minimum Gasteiger partial charge on any atom is -0.346 e. The SMILES string of the molecule is COC(O)OC(C)(C)C. The fourth-order valence-electron chi connectivity index (χ4n) is 0.351. The van der Waals surface area contributed by atoms with Gasteiger partial charge in [-0.05, 0) is 20.8 Å². The van der Waals surface area contributed by atoms with Crippen molar-refractivity contribution in [3.05, 3.63) is 0 Å². The van der Waals surface area contributed by atoms with Crippen LogP contribution in [-0.2, 0) is 9.47 Å². The van der Waals surface area contributed by atoms with Crippen molar-refractivity contribution in [3.8, 4) is 0 Å². The first kappa shape index (κ1) is 8.88. The van der Waals surface area contributed by atoms with Crippen molar-refractivity contribution in [2.75, 3.05) is 7.11 Å². The Hall–Kier alpha value is -0.120. The molecule has 0 fully saturated rings. The lowest BCUT2D eigenvalue weighted by atomic mass is 10.2. The lowest BCUT2D eigenvalue weighted by Gasteiger charge is -2.22. The lowest BCUT2D eigenvalue weighted by Crippen LogP contribution is -2.28. The summed E-state index contributed by atoms with van der Waals surface area (Å²) in [7, 11) is 1.39. The summed E-state index contributed by atoms with van der Waals surface area (Å²) in [4.78, 5) is 0. The molecule has 0 aliphatic rings. The van der Waals surface area contributed by atoms with Crippen molar-refractivity contribution in [2.24, 2.45) is 0 Å². The summed E-state index contributed by atoms with van der Waals surface area (Å²) < 4.78 is 9.38. The Labute approximate surface area is 55.6 Å². The Morgan fingerprint density at radius 1 is 1.33 bits per heavy atom. The second kappa shape index (κ2) is 3.15. The number of methoxy groups -OCH3 is 1. The van der Waals surface area contributed by atoms with Crippen LogP contribution in [0.1, 0.15) is 20.8 Å². The monoisotopic (exact) mass is 134 g/mol. The van der Waals surface area contributed by atoms with Crippen molar-refractivity contribution < 1.29 is 14.6 Å². The molecular formula is C6H14O3. The van der Waals surface area contributed by atoms with Gasteiger partial charge < -0.3 is 14.6 Å². The highest BCUT2D eigenvalue weighted by atomic mass is 16.8. The molecule has 0 amide bonds. The van der Waals surface area contributed by atoms with E-state index in [0.29, 0.717) is 0 Å². The van der Waals surface area contributed by atoms with Crippen LogP contribution in [0.4, 0.5) is 0 Å². The molecule has 0 aliphatic carbocycles. The third kappa shape index (κ3) is 5.76. The van der Waals surface area contributed by atoms with Gasteiger partial charge in [-0.1, -0.05) is 0 Å². The van der Waals surface area contributed by atoms with Crippen LogP contribution in [0.3, 0.4) is 0 Å². The van der Waals surface area contributed by atoms with Crippen LogP contribution in [0, 0.1) is 0 Å². The first-order chi connectivity index (χ1) is 3.95. The third-order valence-corrected chi connectivity index (χ3v) is 0.656. The largest absolute Gasteiger partial charge is 0.346 e. The third-order valence-electron chi connectivity index (χ3n) is 0.656. The molecule has 0 rings (SSSR count). The van der Waals surface area contributed by atoms with Gasteiger partial charge in [0.15, 0.2) is 0 Å². The van der Waals surface area contributed by atoms with Gasteiger partial charge in [-0.3, -0.25) is 0 Å². The Balaban J connectivity index is 3.47. The summed E-state index contributed by atoms with van der Waals surface area (Å²) >= 11 is 0. The van der Waals surface area contributed by atoms with Gasteiger partial charge in [0.25, 0.3) is 6.48 Å². The quantitative estimate of drug-likeness (QED) is 0.566. The molecule has 3 heteroatoms. The molecule has 0 radical (unpaired) electrons. The van der Waals surface area contributed by atoms with Crippen LogP contribution in [0.2, 0.25) is 0 Å². The molecule has 9 heavy (non-hydrogen) atoms. The Kier molecular flexibility index (Phi) is 3.11. The fraction of sp³-hybridized carbons (Fsp3) is 1.00. The molecule has 3 nitrogen and oxygen atoms in total. The highest BCUT2D eigenvalue weighted by Gasteiger charge is 2.15. The molecule has 0 aromatic heterocycles. The highest BCUT2D eigenvalue weighted by molar-refractivity contribution is 4.57. The van der Waals surface area contributed by atoms with Crippen molar-refractivity contribution in [1.82, 2.24) is 0 Å². The van der Waals surface area contributed by atoms with Crippen LogP contribution in [0.25, 0.3) is 0 Å². The molecule has 0 heterocycles. The van der Waals surface area contributed by atoms with Crippen LogP contribution < -0.4 is 0 Å². The summed E-state index contributed by atoms with van der Waals surface area (Å²) in [6, 6.07) is 0. The average Bonchev–Trinajstić information content (AvgIpc) is 1.62. The lowest BCUT2D eigenvalue weighted by molar-refractivity contribution is -0.287. The van der Waals surface area contributed by atoms with Gasteiger partial charge in [-0.25, -0.2) is 0 Å². The first-order valence-electron chi connectivity index (χ1n) is 2.84. The topological polar surface area (TPSA) is 38.7 Å². The van der Waals surface area contributed by atoms with E-state index < -0.39 is 6.48 Å². The van der Waals surface area contributed by atoms with E-state index in [1.54, 1.807) is 0 Å². The van der Waals surface area contributed by atoms with Gasteiger partial charge in [0.1, 0.15) is 0 Å². The summed E-state index contributed by atoms with van der Waals surface area (Å²) in [6.45, 7) is 4.42. The van der Waals surface area contributed by atoms with E-state index in [-0.39, 0.29) is 5.60 Å². The Morgan fingerprint density at radius 3 is 1.89 bits per heavy atom. The van der Waals surface area contributed by atoms with Gasteiger partial charge in [0, 0.05) is 7.11 Å². The molecule has 1 atom stereocenters. The first-order valence-corrected chi connectivity index (χ1v) is 2.84. The summed E-state index contributed by atoms with van der Waals surface area (Å²) in [5.41, 5.74) is -0.352. The number of hydrogen-bond donors (Lipinski definition) is 1. The second-order valence-corrected chi connectivity index (χ2v) is 2.77. The van der Waals surface area contributed by atoms with Crippen LogP contribution in [0.15, 0.2) is 0 Å². The molecule has 0 aromatic carbocycles. The average molecular weight is 134 g/mol. The van der Waals surface area contributed by atoms with Crippen molar-refractivity contribution in [3.63, 3.8) is 0 Å². The summed E-state index contributed by atoms with van der Waals surface area (Å²) in [5.74, 6) is 0. The molecule has 0 aromatic rings. The summed E-state index contributed by atoms with van der Waals surface area (Å²) in [5, 5.41) is 8.75. The molecule has 0 saturated heterocycles. The van der Waals surface area contributed by atoms with Gasteiger partial charge >= 0.3 is 0 Å². The normalized spacial score (nSPS) is 15.7. The van der Waals surface area contributed by atoms with Crippen LogP contribution in [0.5, 0.6) is 0 Å². The van der Waals surface area contributed by atoms with Gasteiger partial charge in [0.2, 0.25) is 0 Å². The molecule has 1 unspecified atom stereocenters. The summed E-state index contributed by atoms with van der Waals surface area (Å²) in [6.07, 6.45) is 0. The molecule has 56 valence electrons. The van der Waals surface area contributed by atoms with E-state index in [2.05, 4.69) is 4.74 Å². The van der Waals surface area contributed by atoms with Gasteiger partial charge in [0.05, 0.1) is 5.60 Å². The van der Waals surface area contributed by atoms with E-state index in [0.717, 1.165) is 0 Å². The van der Waals surface area contributed by atoms with Crippen molar-refractivity contribution in [2.45, 2.75) is 32.8 Å². The number of rotatable bonds is 2. The molecule has 0 aliphatic heterocycles. The maximum atomic E-state index is 8.75. The number of hydrogen-bond acceptors (Lipinski definition) is 3. The smallest absolute Gasteiger partial charge is 0.269 e. The van der Waals surface area contributed by atoms with Crippen molar-refractivity contribution in [1.29, 1.82) is 0 Å². The van der Waals surface area contributed by atoms with Crippen molar-refractivity contribution >= 4 is 0 Å². The second-order valence-electron chi connectivity index (χ2n) is 2.77. The molecule has 1 N–H and O–H groups in total. The van der Waals surface area contributed by atoms with E-state index in [1.165, 1.54) is 7.11 Å². The van der Waals surface area contributed by atoms with Gasteiger partial charge in [-0.2, -0.15) is 0 Å². The van der Waals surface area contributed by atoms with E-state index in [1.807, 2.05) is 20.8 Å². The van der Waals surface area contributed by atoms with E-state index in [9.17, 15) is 0 Å². The minimum absolute atomic E-state index is 0.352. The van der Waals surface area contributed by atoms with Gasteiger partial charge in [-0.15, -0.1) is 0 Å². The number of aliphatic hydroxyl groups is 1. The predicted octanol–water partition coefficient (Wildman–Crippen LogP) is 0.724. The fourth-order valence-corrected chi connectivity index (χ4v) is 0.351. The molecule has 0 spiro atoms. The number of aliphatic hydroxyl groups excluding tert-OH is 1. The predicted molar refractivity (Wildman–Crippen MR) is 33.9 cm³/mol. The zero-order valence-corrected chi connectivity index (χ0v) is 6.34. The van der Waals surface area contributed by atoms with E-state index >= 15 is 0 Å². The molecular weight excluding hydrogens is 120 g/mol. The minimum atomic E-state index is -1.11.